The molecule has 2 heteroatoms. The molecule has 1 saturated carbocycles. The van der Waals surface area contributed by atoms with Crippen molar-refractivity contribution in [3.63, 3.8) is 0 Å². The van der Waals surface area contributed by atoms with Gasteiger partial charge in [-0.15, -0.1) is 0 Å². The van der Waals surface area contributed by atoms with Gasteiger partial charge in [-0.1, -0.05) is 29.1 Å². The van der Waals surface area contributed by atoms with E-state index in [9.17, 15) is 0 Å². The van der Waals surface area contributed by atoms with Crippen LogP contribution in [0.3, 0.4) is 0 Å². The number of aryl methyl sites for hydroxylation is 1. The lowest BCUT2D eigenvalue weighted by molar-refractivity contribution is 0.215. The molecule has 2 nitrogen and oxygen atoms in total. The molecule has 0 saturated heterocycles. The number of benzene rings is 1. The Morgan fingerprint density at radius 3 is 2.94 bits per heavy atom. The molecule has 0 N–H and O–H groups in total. The molecule has 16 heavy (non-hydrogen) atoms. The first kappa shape index (κ1) is 10.8. The van der Waals surface area contributed by atoms with Gasteiger partial charge in [0.25, 0.3) is 0 Å². The third kappa shape index (κ3) is 2.87. The van der Waals surface area contributed by atoms with Crippen LogP contribution < -0.4 is 0 Å². The summed E-state index contributed by atoms with van der Waals surface area (Å²) < 4.78 is 0. The maximum absolute atomic E-state index is 4.69. The number of nitrogens with zero attached hydrogens (tertiary/aromatic N) is 1. The molecule has 0 atom stereocenters. The minimum Gasteiger partial charge on any atom is -0.399 e. The van der Waals surface area contributed by atoms with E-state index < -0.39 is 0 Å². The molecule has 1 aliphatic carbocycles. The van der Waals surface area contributed by atoms with Crippen LogP contribution in [-0.4, -0.2) is 13.3 Å². The molecule has 0 amide bonds. The second kappa shape index (κ2) is 4.85. The van der Waals surface area contributed by atoms with Gasteiger partial charge in [0, 0.05) is 17.0 Å². The van der Waals surface area contributed by atoms with Crippen molar-refractivity contribution >= 4 is 6.21 Å². The van der Waals surface area contributed by atoms with Crippen LogP contribution in [0.25, 0.3) is 0 Å². The summed E-state index contributed by atoms with van der Waals surface area (Å²) in [5.74, 6) is 7.11. The van der Waals surface area contributed by atoms with Crippen molar-refractivity contribution in [2.75, 3.05) is 7.11 Å². The minimum absolute atomic E-state index is 0.618. The van der Waals surface area contributed by atoms with E-state index in [0.717, 1.165) is 11.1 Å². The Morgan fingerprint density at radius 2 is 2.25 bits per heavy atom. The Balaban J connectivity index is 2.28. The van der Waals surface area contributed by atoms with Crippen LogP contribution in [0.2, 0.25) is 0 Å². The molecule has 0 unspecified atom stereocenters. The van der Waals surface area contributed by atoms with Crippen molar-refractivity contribution in [1.82, 2.24) is 0 Å². The van der Waals surface area contributed by atoms with Gasteiger partial charge in [-0.25, -0.2) is 0 Å². The second-order valence-electron chi connectivity index (χ2n) is 4.05. The van der Waals surface area contributed by atoms with Gasteiger partial charge in [0.05, 0.1) is 6.21 Å². The summed E-state index contributed by atoms with van der Waals surface area (Å²) in [6, 6.07) is 6.17. The first-order chi connectivity index (χ1) is 7.79. The molecule has 82 valence electrons. The molecule has 0 aromatic heterocycles. The fraction of sp³-hybridized carbons (Fsp3) is 0.357. The van der Waals surface area contributed by atoms with E-state index in [1.807, 2.05) is 6.07 Å². The number of hydrogen-bond acceptors (Lipinski definition) is 2. The topological polar surface area (TPSA) is 21.6 Å². The lowest BCUT2D eigenvalue weighted by Crippen LogP contribution is -1.90. The van der Waals surface area contributed by atoms with Crippen molar-refractivity contribution in [2.45, 2.75) is 19.8 Å². The maximum Gasteiger partial charge on any atom is 0.106 e. The SMILES string of the molecule is CO/N=C/c1ccc(C)cc1C#CC1CC1. The van der Waals surface area contributed by atoms with Crippen molar-refractivity contribution in [3.8, 4) is 11.8 Å². The Kier molecular flexibility index (Phi) is 3.26. The Bertz CT molecular complexity index is 461. The third-order valence-electron chi connectivity index (χ3n) is 2.49. The van der Waals surface area contributed by atoms with Crippen molar-refractivity contribution in [2.24, 2.45) is 11.1 Å². The van der Waals surface area contributed by atoms with E-state index in [2.05, 4.69) is 36.1 Å². The quantitative estimate of drug-likeness (QED) is 0.420. The van der Waals surface area contributed by atoms with E-state index in [1.54, 1.807) is 13.3 Å². The molecule has 1 aromatic carbocycles. The average molecular weight is 213 g/mol. The van der Waals surface area contributed by atoms with Crippen LogP contribution in [0.5, 0.6) is 0 Å². The first-order valence-electron chi connectivity index (χ1n) is 5.48. The monoisotopic (exact) mass is 213 g/mol. The zero-order valence-corrected chi connectivity index (χ0v) is 9.66. The van der Waals surface area contributed by atoms with Gasteiger partial charge in [0.1, 0.15) is 7.11 Å². The predicted octanol–water partition coefficient (Wildman–Crippen LogP) is 2.74. The summed E-state index contributed by atoms with van der Waals surface area (Å²) in [6.45, 7) is 2.07. The van der Waals surface area contributed by atoms with Gasteiger partial charge in [-0.3, -0.25) is 0 Å². The second-order valence-corrected chi connectivity index (χ2v) is 4.05. The Labute approximate surface area is 96.3 Å². The van der Waals surface area contributed by atoms with E-state index in [0.29, 0.717) is 5.92 Å². The maximum atomic E-state index is 4.69. The standard InChI is InChI=1S/C14H15NO/c1-11-3-7-14(10-15-16-2)13(9-11)8-6-12-4-5-12/h3,7,9-10,12H,4-5H2,1-2H3/b15-10+. The van der Waals surface area contributed by atoms with Crippen LogP contribution in [0.1, 0.15) is 29.5 Å². The Morgan fingerprint density at radius 1 is 1.44 bits per heavy atom. The van der Waals surface area contributed by atoms with Crippen LogP contribution >= 0.6 is 0 Å². The molecule has 0 bridgehead atoms. The highest BCUT2D eigenvalue weighted by molar-refractivity contribution is 5.83. The van der Waals surface area contributed by atoms with Crippen LogP contribution in [0, 0.1) is 24.7 Å². The molecule has 0 radical (unpaired) electrons. The lowest BCUT2D eigenvalue weighted by Gasteiger charge is -1.99. The van der Waals surface area contributed by atoms with Crippen LogP contribution in [-0.2, 0) is 4.84 Å². The summed E-state index contributed by atoms with van der Waals surface area (Å²) in [6.07, 6.45) is 4.21. The summed E-state index contributed by atoms with van der Waals surface area (Å²) in [4.78, 5) is 4.69. The normalized spacial score (nSPS) is 14.6. The lowest BCUT2D eigenvalue weighted by atomic mass is 10.1. The predicted molar refractivity (Wildman–Crippen MR) is 65.4 cm³/mol. The van der Waals surface area contributed by atoms with Crippen molar-refractivity contribution in [3.05, 3.63) is 34.9 Å². The van der Waals surface area contributed by atoms with E-state index >= 15 is 0 Å². The van der Waals surface area contributed by atoms with Gasteiger partial charge in [0.2, 0.25) is 0 Å². The minimum atomic E-state index is 0.618. The highest BCUT2D eigenvalue weighted by Crippen LogP contribution is 2.27. The van der Waals surface area contributed by atoms with Crippen LogP contribution in [0.4, 0.5) is 0 Å². The summed E-state index contributed by atoms with van der Waals surface area (Å²) >= 11 is 0. The zero-order valence-electron chi connectivity index (χ0n) is 9.66. The molecule has 1 fully saturated rings. The molecule has 0 spiro atoms. The number of oxime groups is 1. The fourth-order valence-corrected chi connectivity index (χ4v) is 1.41. The van der Waals surface area contributed by atoms with Crippen LogP contribution in [0.15, 0.2) is 23.4 Å². The van der Waals surface area contributed by atoms with Crippen molar-refractivity contribution in [1.29, 1.82) is 0 Å². The van der Waals surface area contributed by atoms with E-state index in [1.165, 1.54) is 18.4 Å². The number of rotatable bonds is 2. The summed E-state index contributed by atoms with van der Waals surface area (Å²) in [5, 5.41) is 3.78. The molecule has 2 rings (SSSR count). The number of hydrogen-bond donors (Lipinski definition) is 0. The van der Waals surface area contributed by atoms with Crippen molar-refractivity contribution < 1.29 is 4.84 Å². The summed E-state index contributed by atoms with van der Waals surface area (Å²) in [7, 11) is 1.54. The highest BCUT2D eigenvalue weighted by atomic mass is 16.6. The molecular weight excluding hydrogens is 198 g/mol. The molecule has 1 aliphatic rings. The molecule has 0 heterocycles. The van der Waals surface area contributed by atoms with Gasteiger partial charge < -0.3 is 4.84 Å². The molecular formula is C14H15NO. The van der Waals surface area contributed by atoms with Gasteiger partial charge >= 0.3 is 0 Å². The van der Waals surface area contributed by atoms with Gasteiger partial charge in [-0.2, -0.15) is 0 Å². The van der Waals surface area contributed by atoms with Gasteiger partial charge in [-0.05, 0) is 31.4 Å². The smallest absolute Gasteiger partial charge is 0.106 e. The third-order valence-corrected chi connectivity index (χ3v) is 2.49. The largest absolute Gasteiger partial charge is 0.399 e. The molecule has 0 aliphatic heterocycles. The first-order valence-corrected chi connectivity index (χ1v) is 5.48. The average Bonchev–Trinajstić information content (AvgIpc) is 3.09. The van der Waals surface area contributed by atoms with Gasteiger partial charge in [0.15, 0.2) is 0 Å². The van der Waals surface area contributed by atoms with E-state index in [-0.39, 0.29) is 0 Å². The fourth-order valence-electron chi connectivity index (χ4n) is 1.41. The highest BCUT2D eigenvalue weighted by Gasteiger charge is 2.17. The Hall–Kier alpha value is -1.75. The molecule has 1 aromatic rings. The van der Waals surface area contributed by atoms with E-state index in [4.69, 9.17) is 4.84 Å². The summed E-state index contributed by atoms with van der Waals surface area (Å²) in [5.41, 5.74) is 3.27. The zero-order chi connectivity index (χ0) is 11.4.